The topological polar surface area (TPSA) is 80.5 Å². The maximum Gasteiger partial charge on any atom is 0.326 e. The van der Waals surface area contributed by atoms with Crippen molar-refractivity contribution >= 4 is 46.3 Å². The van der Waals surface area contributed by atoms with Crippen LogP contribution in [0, 0.1) is 0 Å². The van der Waals surface area contributed by atoms with Gasteiger partial charge in [-0.25, -0.2) is 9.69 Å². The number of nitrogens with two attached hydrogens (primary N) is 1. The molecule has 0 radical (unpaired) electrons. The number of urea groups is 1. The van der Waals surface area contributed by atoms with E-state index in [-0.39, 0.29) is 17.9 Å². The molecule has 0 spiro atoms. The van der Waals surface area contributed by atoms with Crippen LogP contribution in [0.2, 0.25) is 5.02 Å². The minimum absolute atomic E-state index is 0.142. The van der Waals surface area contributed by atoms with Gasteiger partial charge in [-0.3, -0.25) is 9.59 Å². The summed E-state index contributed by atoms with van der Waals surface area (Å²) in [5, 5.41) is 2.23. The van der Waals surface area contributed by atoms with Crippen molar-refractivity contribution < 1.29 is 14.4 Å². The lowest BCUT2D eigenvalue weighted by molar-refractivity contribution is -0.127. The van der Waals surface area contributed by atoms with E-state index in [0.29, 0.717) is 10.6 Å². The standard InChI is InChI=1S/C15H11ClN2O3S/c16-8-3-4-10-11(6-8)18(15(17)21)14(20)13(10)12(19)7-9-2-1-5-22-9/h1-6,13H,7H2,(H2,17,21). The number of ketones is 1. The lowest BCUT2D eigenvalue weighted by atomic mass is 9.94. The summed E-state index contributed by atoms with van der Waals surface area (Å²) in [5.41, 5.74) is 6.02. The zero-order valence-corrected chi connectivity index (χ0v) is 12.9. The molecule has 1 aromatic carbocycles. The Labute approximate surface area is 135 Å². The summed E-state index contributed by atoms with van der Waals surface area (Å²) in [6, 6.07) is 7.40. The molecule has 112 valence electrons. The van der Waals surface area contributed by atoms with Gasteiger partial charge in [0, 0.05) is 16.3 Å². The zero-order valence-electron chi connectivity index (χ0n) is 11.3. The second kappa shape index (κ2) is 5.55. The van der Waals surface area contributed by atoms with E-state index in [1.807, 2.05) is 17.5 Å². The molecule has 1 unspecified atom stereocenters. The SMILES string of the molecule is NC(=O)N1C(=O)C(C(=O)Cc2cccs2)c2ccc(Cl)cc21. The van der Waals surface area contributed by atoms with E-state index in [4.69, 9.17) is 17.3 Å². The lowest BCUT2D eigenvalue weighted by Crippen LogP contribution is -2.40. The van der Waals surface area contributed by atoms with Crippen molar-refractivity contribution in [3.05, 3.63) is 51.2 Å². The van der Waals surface area contributed by atoms with Crippen LogP contribution in [0.25, 0.3) is 0 Å². The molecule has 3 amide bonds. The molecule has 1 aliphatic heterocycles. The number of anilines is 1. The van der Waals surface area contributed by atoms with Gasteiger partial charge >= 0.3 is 6.03 Å². The maximum atomic E-state index is 12.5. The molecule has 1 atom stereocenters. The highest BCUT2D eigenvalue weighted by molar-refractivity contribution is 7.10. The maximum absolute atomic E-state index is 12.5. The van der Waals surface area contributed by atoms with Crippen LogP contribution < -0.4 is 10.6 Å². The van der Waals surface area contributed by atoms with Gasteiger partial charge in [0.25, 0.3) is 0 Å². The first kappa shape index (κ1) is 14.7. The summed E-state index contributed by atoms with van der Waals surface area (Å²) >= 11 is 7.35. The monoisotopic (exact) mass is 334 g/mol. The number of thiophene rings is 1. The average molecular weight is 335 g/mol. The molecule has 0 bridgehead atoms. The van der Waals surface area contributed by atoms with Crippen LogP contribution >= 0.6 is 22.9 Å². The van der Waals surface area contributed by atoms with Gasteiger partial charge in [0.05, 0.1) is 5.69 Å². The fourth-order valence-corrected chi connectivity index (χ4v) is 3.44. The summed E-state index contributed by atoms with van der Waals surface area (Å²) in [6.45, 7) is 0. The number of Topliss-reactive ketones (excluding diaryl/α,β-unsaturated/α-hetero) is 1. The number of halogens is 1. The molecular formula is C15H11ClN2O3S. The lowest BCUT2D eigenvalue weighted by Gasteiger charge is -2.12. The predicted octanol–water partition coefficient (Wildman–Crippen LogP) is 2.72. The number of primary amides is 1. The Morgan fingerprint density at radius 2 is 2.09 bits per heavy atom. The van der Waals surface area contributed by atoms with Crippen LogP contribution in [0.5, 0.6) is 0 Å². The van der Waals surface area contributed by atoms with Crippen LogP contribution in [0.4, 0.5) is 10.5 Å². The summed E-state index contributed by atoms with van der Waals surface area (Å²) in [6.07, 6.45) is 0.142. The van der Waals surface area contributed by atoms with E-state index in [0.717, 1.165) is 9.78 Å². The van der Waals surface area contributed by atoms with Crippen LogP contribution in [-0.2, 0) is 16.0 Å². The minimum atomic E-state index is -1.01. The normalized spacial score (nSPS) is 16.7. The van der Waals surface area contributed by atoms with E-state index in [2.05, 4.69) is 0 Å². The van der Waals surface area contributed by atoms with Crippen molar-refractivity contribution in [2.24, 2.45) is 5.73 Å². The Balaban J connectivity index is 2.00. The summed E-state index contributed by atoms with van der Waals surface area (Å²) in [4.78, 5) is 38.2. The third kappa shape index (κ3) is 2.40. The van der Waals surface area contributed by atoms with E-state index < -0.39 is 17.9 Å². The number of carbonyl (C=O) groups is 3. The third-order valence-corrected chi connectivity index (χ3v) is 4.59. The number of carbonyl (C=O) groups excluding carboxylic acids is 3. The van der Waals surface area contributed by atoms with Crippen molar-refractivity contribution in [1.82, 2.24) is 0 Å². The molecule has 2 aromatic rings. The van der Waals surface area contributed by atoms with Gasteiger partial charge < -0.3 is 5.73 Å². The summed E-state index contributed by atoms with van der Waals surface area (Å²) in [7, 11) is 0. The number of hydrogen-bond acceptors (Lipinski definition) is 4. The Hall–Kier alpha value is -2.18. The second-order valence-corrected chi connectivity index (χ2v) is 6.34. The first-order valence-corrected chi connectivity index (χ1v) is 7.72. The molecule has 1 aromatic heterocycles. The van der Waals surface area contributed by atoms with Crippen LogP contribution in [0.15, 0.2) is 35.7 Å². The highest BCUT2D eigenvalue weighted by atomic mass is 35.5. The molecule has 3 rings (SSSR count). The average Bonchev–Trinajstić information content (AvgIpc) is 3.03. The number of fused-ring (bicyclic) bond motifs is 1. The highest BCUT2D eigenvalue weighted by Gasteiger charge is 2.43. The largest absolute Gasteiger partial charge is 0.351 e. The molecule has 0 fully saturated rings. The molecule has 0 saturated heterocycles. The van der Waals surface area contributed by atoms with E-state index in [9.17, 15) is 14.4 Å². The van der Waals surface area contributed by atoms with E-state index in [1.165, 1.54) is 17.4 Å². The van der Waals surface area contributed by atoms with Crippen LogP contribution in [0.3, 0.4) is 0 Å². The number of imide groups is 1. The van der Waals surface area contributed by atoms with Gasteiger partial charge in [0.2, 0.25) is 5.91 Å². The number of benzene rings is 1. The van der Waals surface area contributed by atoms with Gasteiger partial charge in [0.1, 0.15) is 5.92 Å². The summed E-state index contributed by atoms with van der Waals surface area (Å²) < 4.78 is 0. The fourth-order valence-electron chi connectivity index (χ4n) is 2.56. The zero-order chi connectivity index (χ0) is 15.9. The van der Waals surface area contributed by atoms with Gasteiger partial charge in [-0.2, -0.15) is 0 Å². The molecule has 22 heavy (non-hydrogen) atoms. The number of hydrogen-bond donors (Lipinski definition) is 1. The van der Waals surface area contributed by atoms with Gasteiger partial charge in [-0.15, -0.1) is 11.3 Å². The van der Waals surface area contributed by atoms with E-state index in [1.54, 1.807) is 12.1 Å². The van der Waals surface area contributed by atoms with Gasteiger partial charge in [-0.1, -0.05) is 23.7 Å². The van der Waals surface area contributed by atoms with Crippen molar-refractivity contribution in [1.29, 1.82) is 0 Å². The van der Waals surface area contributed by atoms with Crippen molar-refractivity contribution in [3.8, 4) is 0 Å². The van der Waals surface area contributed by atoms with E-state index >= 15 is 0 Å². The van der Waals surface area contributed by atoms with Gasteiger partial charge in [0.15, 0.2) is 5.78 Å². The minimum Gasteiger partial charge on any atom is -0.351 e. The molecule has 0 aliphatic carbocycles. The molecule has 5 nitrogen and oxygen atoms in total. The smallest absolute Gasteiger partial charge is 0.326 e. The number of rotatable bonds is 3. The first-order valence-electron chi connectivity index (χ1n) is 6.47. The number of amides is 3. The van der Waals surface area contributed by atoms with Crippen molar-refractivity contribution in [3.63, 3.8) is 0 Å². The molecule has 0 saturated carbocycles. The molecular weight excluding hydrogens is 324 g/mol. The second-order valence-electron chi connectivity index (χ2n) is 4.87. The van der Waals surface area contributed by atoms with Crippen molar-refractivity contribution in [2.75, 3.05) is 4.90 Å². The molecule has 1 aliphatic rings. The van der Waals surface area contributed by atoms with Crippen LogP contribution in [0.1, 0.15) is 16.4 Å². The highest BCUT2D eigenvalue weighted by Crippen LogP contribution is 2.40. The molecule has 2 N–H and O–H groups in total. The predicted molar refractivity (Wildman–Crippen MR) is 84.3 cm³/mol. The van der Waals surface area contributed by atoms with Crippen LogP contribution in [-0.4, -0.2) is 17.7 Å². The third-order valence-electron chi connectivity index (χ3n) is 3.48. The summed E-state index contributed by atoms with van der Waals surface area (Å²) in [5.74, 6) is -1.90. The fraction of sp³-hybridized carbons (Fsp3) is 0.133. The Morgan fingerprint density at radius 3 is 2.73 bits per heavy atom. The molecule has 7 heteroatoms. The molecule has 2 heterocycles. The number of nitrogens with zero attached hydrogens (tertiary/aromatic N) is 1. The Morgan fingerprint density at radius 1 is 1.32 bits per heavy atom. The Kier molecular flexibility index (Phi) is 3.72. The quantitative estimate of drug-likeness (QED) is 0.876. The van der Waals surface area contributed by atoms with Gasteiger partial charge in [-0.05, 0) is 29.1 Å². The van der Waals surface area contributed by atoms with Crippen molar-refractivity contribution in [2.45, 2.75) is 12.3 Å². The Bertz CT molecular complexity index is 773. The first-order chi connectivity index (χ1) is 10.5.